The molecule has 0 aliphatic carbocycles. The molecule has 0 unspecified atom stereocenters. The van der Waals surface area contributed by atoms with E-state index in [-0.39, 0.29) is 12.1 Å². The summed E-state index contributed by atoms with van der Waals surface area (Å²) in [5.74, 6) is 0.861. The van der Waals surface area contributed by atoms with Crippen LogP contribution in [0.4, 0.5) is 0 Å². The number of aryl methyl sites for hydroxylation is 2. The van der Waals surface area contributed by atoms with Gasteiger partial charge in [-0.2, -0.15) is 0 Å². The molecule has 0 radical (unpaired) electrons. The van der Waals surface area contributed by atoms with Gasteiger partial charge in [0.15, 0.2) is 0 Å². The van der Waals surface area contributed by atoms with Gasteiger partial charge in [0, 0.05) is 24.3 Å². The molecule has 1 heterocycles. The van der Waals surface area contributed by atoms with E-state index in [0.717, 1.165) is 30.0 Å². The second kappa shape index (κ2) is 4.77. The molecule has 0 bridgehead atoms. The van der Waals surface area contributed by atoms with Gasteiger partial charge in [-0.05, 0) is 34.1 Å². The van der Waals surface area contributed by atoms with E-state index in [2.05, 4.69) is 24.3 Å². The maximum atomic E-state index is 8.90. The summed E-state index contributed by atoms with van der Waals surface area (Å²) >= 11 is 0. The molecule has 0 saturated heterocycles. The molecule has 4 heteroatoms. The molecule has 15 heavy (non-hydrogen) atoms. The van der Waals surface area contributed by atoms with Crippen molar-refractivity contribution in [2.45, 2.75) is 46.2 Å². The third-order valence-electron chi connectivity index (χ3n) is 2.66. The van der Waals surface area contributed by atoms with Crippen molar-refractivity contribution >= 4 is 0 Å². The Morgan fingerprint density at radius 3 is 2.53 bits per heavy atom. The second-order valence-corrected chi connectivity index (χ2v) is 4.51. The fourth-order valence-corrected chi connectivity index (χ4v) is 1.45. The van der Waals surface area contributed by atoms with Crippen molar-refractivity contribution in [1.82, 2.24) is 10.5 Å². The lowest BCUT2D eigenvalue weighted by Gasteiger charge is -2.25. The van der Waals surface area contributed by atoms with E-state index in [4.69, 9.17) is 9.63 Å². The second-order valence-electron chi connectivity index (χ2n) is 4.51. The van der Waals surface area contributed by atoms with Crippen LogP contribution >= 0.6 is 0 Å². The monoisotopic (exact) mass is 212 g/mol. The molecular weight excluding hydrogens is 192 g/mol. The van der Waals surface area contributed by atoms with Gasteiger partial charge in [-0.1, -0.05) is 5.16 Å². The van der Waals surface area contributed by atoms with E-state index in [1.807, 2.05) is 13.8 Å². The Morgan fingerprint density at radius 2 is 2.07 bits per heavy atom. The van der Waals surface area contributed by atoms with Gasteiger partial charge in [0.2, 0.25) is 0 Å². The van der Waals surface area contributed by atoms with Crippen molar-refractivity contribution in [2.24, 2.45) is 0 Å². The summed E-state index contributed by atoms with van der Waals surface area (Å²) in [5.41, 5.74) is 1.98. The molecule has 0 atom stereocenters. The zero-order valence-electron chi connectivity index (χ0n) is 9.92. The van der Waals surface area contributed by atoms with Gasteiger partial charge >= 0.3 is 0 Å². The molecule has 2 N–H and O–H groups in total. The van der Waals surface area contributed by atoms with Gasteiger partial charge in [-0.3, -0.25) is 0 Å². The first-order valence-corrected chi connectivity index (χ1v) is 5.24. The van der Waals surface area contributed by atoms with E-state index in [1.165, 1.54) is 0 Å². The van der Waals surface area contributed by atoms with Gasteiger partial charge in [-0.15, -0.1) is 0 Å². The minimum atomic E-state index is -0.0646. The molecule has 0 amide bonds. The highest BCUT2D eigenvalue weighted by molar-refractivity contribution is 5.20. The smallest absolute Gasteiger partial charge is 0.138 e. The number of hydrogen-bond acceptors (Lipinski definition) is 4. The number of aliphatic hydroxyl groups is 1. The molecule has 0 aromatic carbocycles. The van der Waals surface area contributed by atoms with Crippen molar-refractivity contribution in [3.05, 3.63) is 17.0 Å². The lowest BCUT2D eigenvalue weighted by molar-refractivity contribution is 0.230. The van der Waals surface area contributed by atoms with Crippen LogP contribution in [-0.2, 0) is 6.54 Å². The fourth-order valence-electron chi connectivity index (χ4n) is 1.45. The first-order valence-electron chi connectivity index (χ1n) is 5.24. The normalized spacial score (nSPS) is 12.1. The first kappa shape index (κ1) is 12.2. The zero-order chi connectivity index (χ0) is 11.5. The summed E-state index contributed by atoms with van der Waals surface area (Å²) in [4.78, 5) is 0. The Morgan fingerprint density at radius 1 is 1.40 bits per heavy atom. The summed E-state index contributed by atoms with van der Waals surface area (Å²) in [6, 6.07) is 0. The van der Waals surface area contributed by atoms with Crippen molar-refractivity contribution in [3.8, 4) is 0 Å². The lowest BCUT2D eigenvalue weighted by Crippen LogP contribution is -2.39. The van der Waals surface area contributed by atoms with Crippen LogP contribution in [0.2, 0.25) is 0 Å². The van der Waals surface area contributed by atoms with Crippen LogP contribution in [-0.4, -0.2) is 22.4 Å². The van der Waals surface area contributed by atoms with Crippen LogP contribution in [0.5, 0.6) is 0 Å². The van der Waals surface area contributed by atoms with Gasteiger partial charge in [0.05, 0.1) is 5.69 Å². The third-order valence-corrected chi connectivity index (χ3v) is 2.66. The summed E-state index contributed by atoms with van der Waals surface area (Å²) < 4.78 is 5.08. The summed E-state index contributed by atoms with van der Waals surface area (Å²) in [7, 11) is 0. The minimum absolute atomic E-state index is 0.0646. The molecule has 0 aliphatic heterocycles. The average Bonchev–Trinajstić information content (AvgIpc) is 2.44. The van der Waals surface area contributed by atoms with Crippen molar-refractivity contribution < 1.29 is 9.63 Å². The predicted molar refractivity (Wildman–Crippen MR) is 58.6 cm³/mol. The third kappa shape index (κ3) is 3.32. The topological polar surface area (TPSA) is 58.3 Å². The Hall–Kier alpha value is -0.870. The molecule has 1 aromatic heterocycles. The number of nitrogens with zero attached hydrogens (tertiary/aromatic N) is 1. The van der Waals surface area contributed by atoms with E-state index >= 15 is 0 Å². The van der Waals surface area contributed by atoms with Gasteiger partial charge in [0.25, 0.3) is 0 Å². The van der Waals surface area contributed by atoms with Gasteiger partial charge in [-0.25, -0.2) is 0 Å². The largest absolute Gasteiger partial charge is 0.396 e. The highest BCUT2D eigenvalue weighted by Crippen LogP contribution is 2.14. The Balaban J connectivity index is 2.57. The maximum absolute atomic E-state index is 8.90. The Labute approximate surface area is 90.7 Å². The van der Waals surface area contributed by atoms with Crippen molar-refractivity contribution in [2.75, 3.05) is 6.61 Å². The SMILES string of the molecule is Cc1noc(C)c1CNC(C)(C)CCO. The van der Waals surface area contributed by atoms with E-state index < -0.39 is 0 Å². The summed E-state index contributed by atoms with van der Waals surface area (Å²) in [6.07, 6.45) is 0.733. The zero-order valence-corrected chi connectivity index (χ0v) is 9.92. The molecule has 1 aromatic rings. The molecule has 0 aliphatic rings. The van der Waals surface area contributed by atoms with E-state index in [1.54, 1.807) is 0 Å². The summed E-state index contributed by atoms with van der Waals surface area (Å²) in [6.45, 7) is 8.92. The minimum Gasteiger partial charge on any atom is -0.396 e. The molecule has 1 rings (SSSR count). The number of aromatic nitrogens is 1. The highest BCUT2D eigenvalue weighted by Gasteiger charge is 2.18. The molecule has 86 valence electrons. The quantitative estimate of drug-likeness (QED) is 0.777. The van der Waals surface area contributed by atoms with Crippen LogP contribution in [0.3, 0.4) is 0 Å². The predicted octanol–water partition coefficient (Wildman–Crippen LogP) is 1.54. The Kier molecular flexibility index (Phi) is 3.88. The van der Waals surface area contributed by atoms with Crippen molar-refractivity contribution in [3.63, 3.8) is 0 Å². The molecule has 0 fully saturated rings. The molecule has 4 nitrogen and oxygen atoms in total. The van der Waals surface area contributed by atoms with Crippen LogP contribution in [0.1, 0.15) is 37.3 Å². The average molecular weight is 212 g/mol. The van der Waals surface area contributed by atoms with Gasteiger partial charge < -0.3 is 14.9 Å². The number of nitrogens with one attached hydrogen (secondary N) is 1. The van der Waals surface area contributed by atoms with E-state index in [9.17, 15) is 0 Å². The Bertz CT molecular complexity index is 299. The van der Waals surface area contributed by atoms with E-state index in [0.29, 0.717) is 0 Å². The standard InChI is InChI=1S/C11H20N2O2/c1-8-10(9(2)15-13-8)7-12-11(3,4)5-6-14/h12,14H,5-7H2,1-4H3. The number of aliphatic hydroxyl groups excluding tert-OH is 1. The van der Waals surface area contributed by atoms with Crippen LogP contribution in [0.15, 0.2) is 4.52 Å². The number of hydrogen-bond donors (Lipinski definition) is 2. The van der Waals surface area contributed by atoms with Gasteiger partial charge in [0.1, 0.15) is 5.76 Å². The molecular formula is C11H20N2O2. The van der Waals surface area contributed by atoms with Crippen LogP contribution < -0.4 is 5.32 Å². The van der Waals surface area contributed by atoms with Crippen LogP contribution in [0.25, 0.3) is 0 Å². The molecule has 0 spiro atoms. The maximum Gasteiger partial charge on any atom is 0.138 e. The van der Waals surface area contributed by atoms with Crippen LogP contribution in [0, 0.1) is 13.8 Å². The van der Waals surface area contributed by atoms with Crippen molar-refractivity contribution in [1.29, 1.82) is 0 Å². The lowest BCUT2D eigenvalue weighted by atomic mass is 10.0. The first-order chi connectivity index (χ1) is 6.96. The fraction of sp³-hybridized carbons (Fsp3) is 0.727. The summed E-state index contributed by atoms with van der Waals surface area (Å²) in [5, 5.41) is 16.2. The number of rotatable bonds is 5. The molecule has 0 saturated carbocycles. The highest BCUT2D eigenvalue weighted by atomic mass is 16.5.